The van der Waals surface area contributed by atoms with E-state index in [-0.39, 0.29) is 44.0 Å². The van der Waals surface area contributed by atoms with Crippen molar-refractivity contribution in [2.75, 3.05) is 0 Å². The third kappa shape index (κ3) is 12.6. The van der Waals surface area contributed by atoms with Gasteiger partial charge in [-0.3, -0.25) is 6.08 Å². The summed E-state index contributed by atoms with van der Waals surface area (Å²) in [4.78, 5) is 0. The number of unbranched alkanes of at least 4 members (excludes halogenated alkanes) is 2. The average Bonchev–Trinajstić information content (AvgIpc) is 2.77. The molecular weight excluding hydrogens is 428 g/mol. The summed E-state index contributed by atoms with van der Waals surface area (Å²) >= 11 is 0. The van der Waals surface area contributed by atoms with Gasteiger partial charge in [0, 0.05) is 0 Å². The van der Waals surface area contributed by atoms with Crippen molar-refractivity contribution < 1.29 is 21.7 Å². The summed E-state index contributed by atoms with van der Waals surface area (Å²) in [6, 6.07) is 8.63. The smallest absolute Gasteiger partial charge is 0.358 e. The minimum atomic E-state index is -1.15. The zero-order chi connectivity index (χ0) is 19.9. The van der Waals surface area contributed by atoms with Crippen molar-refractivity contribution in [1.29, 1.82) is 0 Å². The van der Waals surface area contributed by atoms with E-state index in [1.54, 1.807) is 10.4 Å². The summed E-state index contributed by atoms with van der Waals surface area (Å²) < 4.78 is 0. The van der Waals surface area contributed by atoms with Crippen LogP contribution in [-0.4, -0.2) is 17.6 Å². The van der Waals surface area contributed by atoms with Gasteiger partial charge < -0.3 is 22.3 Å². The number of benzene rings is 1. The van der Waals surface area contributed by atoms with Gasteiger partial charge >= 0.3 is 21.7 Å². The van der Waals surface area contributed by atoms with Gasteiger partial charge in [-0.2, -0.15) is 11.1 Å². The maximum atomic E-state index is 3.36. The molecule has 0 bridgehead atoms. The minimum Gasteiger partial charge on any atom is -0.358 e. The maximum Gasteiger partial charge on any atom is 4.00 e. The van der Waals surface area contributed by atoms with Crippen LogP contribution < -0.4 is 10.4 Å². The molecule has 0 aromatic heterocycles. The quantitative estimate of drug-likeness (QED) is 0.226. The second kappa shape index (κ2) is 17.4. The van der Waals surface area contributed by atoms with E-state index in [0.717, 1.165) is 9.52 Å². The van der Waals surface area contributed by atoms with Crippen molar-refractivity contribution in [2.45, 2.75) is 86.5 Å². The van der Waals surface area contributed by atoms with Gasteiger partial charge in [0.05, 0.1) is 17.6 Å². The molecule has 0 saturated carbocycles. The van der Waals surface area contributed by atoms with Gasteiger partial charge in [0.2, 0.25) is 0 Å². The van der Waals surface area contributed by atoms with Crippen LogP contribution in [0, 0.1) is 41.2 Å². The van der Waals surface area contributed by atoms with Gasteiger partial charge in [0.25, 0.3) is 0 Å². The Kier molecular flexibility index (Phi) is 21.6. The van der Waals surface area contributed by atoms with E-state index in [1.165, 1.54) is 47.6 Å². The van der Waals surface area contributed by atoms with Crippen LogP contribution in [0.15, 0.2) is 34.9 Å². The normalized spacial score (nSPS) is 14.8. The van der Waals surface area contributed by atoms with Crippen molar-refractivity contribution in [1.82, 2.24) is 0 Å². The van der Waals surface area contributed by atoms with Crippen LogP contribution in [0.3, 0.4) is 0 Å². The number of allylic oxidation sites excluding steroid dienone is 4. The Bertz CT molecular complexity index is 651. The molecule has 0 heterocycles. The van der Waals surface area contributed by atoms with Crippen LogP contribution in [0.1, 0.15) is 59.4 Å². The SMILES string of the molecule is CC1=[C-]C(C)C(C)=C1C.CCCCC[Si]c1cc(C)cc([Si](C)(C)C)c1.[CH3-].[CH3-].[CH3-].[Ti+4]. The Hall–Kier alpha value is -0.152. The molecule has 168 valence electrons. The first-order valence-electron chi connectivity index (χ1n) is 10.2. The Balaban J connectivity index is -0.000000226. The van der Waals surface area contributed by atoms with E-state index in [9.17, 15) is 0 Å². The molecule has 0 N–H and O–H groups in total. The van der Waals surface area contributed by atoms with Crippen molar-refractivity contribution in [3.63, 3.8) is 0 Å². The largest absolute Gasteiger partial charge is 4.00 e. The van der Waals surface area contributed by atoms with Gasteiger partial charge in [-0.05, 0) is 6.92 Å². The topological polar surface area (TPSA) is 0 Å². The molecule has 30 heavy (non-hydrogen) atoms. The third-order valence-corrected chi connectivity index (χ3v) is 8.61. The Morgan fingerprint density at radius 2 is 1.50 bits per heavy atom. The van der Waals surface area contributed by atoms with E-state index < -0.39 is 8.07 Å². The van der Waals surface area contributed by atoms with E-state index >= 15 is 0 Å². The van der Waals surface area contributed by atoms with E-state index in [1.807, 2.05) is 0 Å². The fourth-order valence-corrected chi connectivity index (χ4v) is 5.78. The molecule has 1 aliphatic rings. The molecule has 2 rings (SSSR count). The van der Waals surface area contributed by atoms with Crippen molar-refractivity contribution >= 4 is 28.0 Å². The average molecular weight is 477 g/mol. The van der Waals surface area contributed by atoms with Crippen LogP contribution >= 0.6 is 0 Å². The first-order valence-corrected chi connectivity index (χ1v) is 14.9. The Morgan fingerprint density at radius 3 is 1.87 bits per heavy atom. The zero-order valence-electron chi connectivity index (χ0n) is 22.1. The third-order valence-electron chi connectivity index (χ3n) is 5.29. The molecule has 0 spiro atoms. The fourth-order valence-electron chi connectivity index (χ4n) is 3.09. The first-order chi connectivity index (χ1) is 12.1. The van der Waals surface area contributed by atoms with E-state index in [4.69, 9.17) is 0 Å². The van der Waals surface area contributed by atoms with E-state index in [0.29, 0.717) is 5.92 Å². The molecular formula is C27H48Si2Ti. The second-order valence-electron chi connectivity index (χ2n) is 8.77. The summed E-state index contributed by atoms with van der Waals surface area (Å²) in [5.74, 6) is 0.560. The minimum absolute atomic E-state index is 0. The van der Waals surface area contributed by atoms with Crippen LogP contribution in [0.2, 0.25) is 25.7 Å². The summed E-state index contributed by atoms with van der Waals surface area (Å²) in [6.07, 6.45) is 7.47. The van der Waals surface area contributed by atoms with Crippen molar-refractivity contribution in [3.8, 4) is 0 Å². The van der Waals surface area contributed by atoms with Crippen LogP contribution in [0.4, 0.5) is 0 Å². The molecule has 3 heteroatoms. The molecule has 2 radical (unpaired) electrons. The summed E-state index contributed by atoms with van der Waals surface area (Å²) in [5.41, 5.74) is 5.69. The first kappa shape index (κ1) is 37.2. The molecule has 0 nitrogen and oxygen atoms in total. The van der Waals surface area contributed by atoms with Crippen LogP contribution in [0.25, 0.3) is 0 Å². The Labute approximate surface area is 210 Å². The molecule has 1 unspecified atom stereocenters. The molecule has 0 saturated heterocycles. The molecule has 1 aromatic rings. The van der Waals surface area contributed by atoms with Gasteiger partial charge in [-0.1, -0.05) is 113 Å². The number of rotatable bonds is 6. The summed E-state index contributed by atoms with van der Waals surface area (Å²) in [7, 11) is -0.138. The van der Waals surface area contributed by atoms with Gasteiger partial charge in [-0.25, -0.2) is 5.57 Å². The van der Waals surface area contributed by atoms with Crippen LogP contribution in [0.5, 0.6) is 0 Å². The van der Waals surface area contributed by atoms with Crippen molar-refractivity contribution in [2.24, 2.45) is 5.92 Å². The monoisotopic (exact) mass is 476 g/mol. The maximum absolute atomic E-state index is 3.36. The fraction of sp³-hybridized carbons (Fsp3) is 0.519. The molecule has 1 aliphatic carbocycles. The predicted molar refractivity (Wildman–Crippen MR) is 143 cm³/mol. The standard InChI is InChI=1S/C15H26Si2.C9H13.3CH3.Ti/c1-6-7-8-9-16-14-10-13(2)11-15(12-14)17(3,4)5;1-6-5-7(2)9(4)8(6)3;;;;/h10-12H,6-9H2,1-5H3;6H,1-4H3;3*1H3;/q;4*-1;+4. The second-order valence-corrected chi connectivity index (χ2v) is 15.3. The number of aryl methyl sites for hydroxylation is 1. The van der Waals surface area contributed by atoms with Gasteiger partial charge in [0.15, 0.2) is 0 Å². The van der Waals surface area contributed by atoms with Crippen LogP contribution in [-0.2, 0) is 21.7 Å². The number of hydrogen-bond acceptors (Lipinski definition) is 0. The Morgan fingerprint density at radius 1 is 0.933 bits per heavy atom. The molecule has 0 amide bonds. The predicted octanol–water partition coefficient (Wildman–Crippen LogP) is 7.55. The summed E-state index contributed by atoms with van der Waals surface area (Å²) in [6.45, 7) is 20.5. The summed E-state index contributed by atoms with van der Waals surface area (Å²) in [5, 5.41) is 3.20. The van der Waals surface area contributed by atoms with E-state index in [2.05, 4.69) is 85.5 Å². The van der Waals surface area contributed by atoms with Crippen molar-refractivity contribution in [3.05, 3.63) is 68.8 Å². The molecule has 0 fully saturated rings. The van der Waals surface area contributed by atoms with Gasteiger partial charge in [0.1, 0.15) is 0 Å². The molecule has 1 aromatic carbocycles. The molecule has 0 aliphatic heterocycles. The zero-order valence-corrected chi connectivity index (χ0v) is 25.7. The number of hydrogen-bond donors (Lipinski definition) is 0. The molecule has 1 atom stereocenters. The van der Waals surface area contributed by atoms with Gasteiger partial charge in [-0.15, -0.1) is 6.92 Å².